The van der Waals surface area contributed by atoms with Gasteiger partial charge in [-0.3, -0.25) is 0 Å². The Bertz CT molecular complexity index is 106. The molecule has 0 aromatic carbocycles. The molecule has 1 saturated heterocycles. The van der Waals surface area contributed by atoms with Gasteiger partial charge in [-0.2, -0.15) is 0 Å². The third kappa shape index (κ3) is 2.80. The Labute approximate surface area is 69.2 Å². The molecule has 1 aliphatic rings. The highest BCUT2D eigenvalue weighted by Gasteiger charge is 2.21. The SMILES string of the molecule is CC1CCN1CCCCCO. The Morgan fingerprint density at radius 3 is 2.64 bits per heavy atom. The summed E-state index contributed by atoms with van der Waals surface area (Å²) in [5, 5.41) is 8.54. The standard InChI is InChI=1S/C9H19NO/c1-9-5-7-10(9)6-3-2-4-8-11/h9,11H,2-8H2,1H3. The van der Waals surface area contributed by atoms with Crippen molar-refractivity contribution in [1.29, 1.82) is 0 Å². The average molecular weight is 157 g/mol. The molecule has 1 aliphatic heterocycles. The van der Waals surface area contributed by atoms with Crippen molar-refractivity contribution in [3.05, 3.63) is 0 Å². The van der Waals surface area contributed by atoms with Crippen molar-refractivity contribution in [1.82, 2.24) is 4.90 Å². The molecular formula is C9H19NO. The molecule has 0 radical (unpaired) electrons. The summed E-state index contributed by atoms with van der Waals surface area (Å²) in [5.41, 5.74) is 0. The predicted molar refractivity (Wildman–Crippen MR) is 46.6 cm³/mol. The van der Waals surface area contributed by atoms with E-state index in [-0.39, 0.29) is 0 Å². The Balaban J connectivity index is 1.87. The number of likely N-dealkylation sites (tertiary alicyclic amines) is 1. The van der Waals surface area contributed by atoms with Gasteiger partial charge in [0.25, 0.3) is 0 Å². The molecule has 1 fully saturated rings. The van der Waals surface area contributed by atoms with Gasteiger partial charge in [0.2, 0.25) is 0 Å². The number of rotatable bonds is 5. The summed E-state index contributed by atoms with van der Waals surface area (Å²) >= 11 is 0. The molecule has 2 heteroatoms. The van der Waals surface area contributed by atoms with E-state index in [1.54, 1.807) is 0 Å². The molecule has 0 spiro atoms. The molecule has 2 nitrogen and oxygen atoms in total. The van der Waals surface area contributed by atoms with Gasteiger partial charge in [-0.25, -0.2) is 0 Å². The molecule has 1 heterocycles. The van der Waals surface area contributed by atoms with Gasteiger partial charge in [0.15, 0.2) is 0 Å². The van der Waals surface area contributed by atoms with Crippen molar-refractivity contribution in [2.24, 2.45) is 0 Å². The van der Waals surface area contributed by atoms with Crippen LogP contribution in [0.1, 0.15) is 32.6 Å². The second-order valence-electron chi connectivity index (χ2n) is 3.46. The van der Waals surface area contributed by atoms with Crippen molar-refractivity contribution in [3.8, 4) is 0 Å². The molecule has 0 bridgehead atoms. The number of aliphatic hydroxyl groups excluding tert-OH is 1. The van der Waals surface area contributed by atoms with E-state index in [0.717, 1.165) is 12.5 Å². The molecule has 0 aromatic rings. The van der Waals surface area contributed by atoms with Crippen LogP contribution in [-0.2, 0) is 0 Å². The van der Waals surface area contributed by atoms with Crippen LogP contribution in [0.2, 0.25) is 0 Å². The second-order valence-corrected chi connectivity index (χ2v) is 3.46. The van der Waals surface area contributed by atoms with Gasteiger partial charge in [-0.1, -0.05) is 0 Å². The summed E-state index contributed by atoms with van der Waals surface area (Å²) in [7, 11) is 0. The predicted octanol–water partition coefficient (Wildman–Crippen LogP) is 1.24. The van der Waals surface area contributed by atoms with Crippen LogP contribution in [-0.4, -0.2) is 35.7 Å². The van der Waals surface area contributed by atoms with E-state index in [1.807, 2.05) is 0 Å². The average Bonchev–Trinajstić information content (AvgIpc) is 2.02. The fourth-order valence-electron chi connectivity index (χ4n) is 1.51. The normalized spacial score (nSPS) is 25.1. The molecule has 1 atom stereocenters. The molecular weight excluding hydrogens is 138 g/mol. The van der Waals surface area contributed by atoms with Gasteiger partial charge < -0.3 is 10.0 Å². The van der Waals surface area contributed by atoms with Crippen LogP contribution in [0.4, 0.5) is 0 Å². The number of hydrogen-bond acceptors (Lipinski definition) is 2. The molecule has 0 aromatic heterocycles. The number of hydrogen-bond donors (Lipinski definition) is 1. The maximum absolute atomic E-state index is 8.54. The van der Waals surface area contributed by atoms with Crippen molar-refractivity contribution in [2.75, 3.05) is 19.7 Å². The largest absolute Gasteiger partial charge is 0.396 e. The van der Waals surface area contributed by atoms with Gasteiger partial charge in [0.1, 0.15) is 0 Å². The van der Waals surface area contributed by atoms with E-state index in [0.29, 0.717) is 6.61 Å². The van der Waals surface area contributed by atoms with Crippen LogP contribution >= 0.6 is 0 Å². The molecule has 0 aliphatic carbocycles. The first-order valence-electron chi connectivity index (χ1n) is 4.69. The molecule has 1 N–H and O–H groups in total. The van der Waals surface area contributed by atoms with Gasteiger partial charge >= 0.3 is 0 Å². The summed E-state index contributed by atoms with van der Waals surface area (Å²) in [6.45, 7) is 5.17. The van der Waals surface area contributed by atoms with Gasteiger partial charge in [-0.05, 0) is 45.7 Å². The van der Waals surface area contributed by atoms with E-state index < -0.39 is 0 Å². The molecule has 11 heavy (non-hydrogen) atoms. The van der Waals surface area contributed by atoms with Crippen LogP contribution in [0, 0.1) is 0 Å². The zero-order chi connectivity index (χ0) is 8.10. The number of unbranched alkanes of at least 4 members (excludes halogenated alkanes) is 2. The van der Waals surface area contributed by atoms with E-state index in [1.165, 1.54) is 32.4 Å². The molecule has 1 rings (SSSR count). The first-order chi connectivity index (χ1) is 5.34. The van der Waals surface area contributed by atoms with Crippen LogP contribution in [0.15, 0.2) is 0 Å². The zero-order valence-electron chi connectivity index (χ0n) is 7.42. The third-order valence-corrected chi connectivity index (χ3v) is 2.56. The van der Waals surface area contributed by atoms with E-state index in [4.69, 9.17) is 5.11 Å². The highest BCUT2D eigenvalue weighted by atomic mass is 16.2. The highest BCUT2D eigenvalue weighted by molar-refractivity contribution is 4.77. The summed E-state index contributed by atoms with van der Waals surface area (Å²) < 4.78 is 0. The lowest BCUT2D eigenvalue weighted by Crippen LogP contribution is -2.45. The molecule has 0 amide bonds. The van der Waals surface area contributed by atoms with E-state index >= 15 is 0 Å². The van der Waals surface area contributed by atoms with E-state index in [9.17, 15) is 0 Å². The maximum atomic E-state index is 8.54. The Hall–Kier alpha value is -0.0800. The lowest BCUT2D eigenvalue weighted by atomic mass is 10.0. The highest BCUT2D eigenvalue weighted by Crippen LogP contribution is 2.16. The summed E-state index contributed by atoms with van der Waals surface area (Å²) in [5.74, 6) is 0. The number of aliphatic hydroxyl groups is 1. The summed E-state index contributed by atoms with van der Waals surface area (Å²) in [6, 6.07) is 0.823. The Morgan fingerprint density at radius 2 is 2.18 bits per heavy atom. The first kappa shape index (κ1) is 9.01. The van der Waals surface area contributed by atoms with Crippen molar-refractivity contribution in [2.45, 2.75) is 38.6 Å². The lowest BCUT2D eigenvalue weighted by Gasteiger charge is -2.38. The minimum atomic E-state index is 0.357. The van der Waals surface area contributed by atoms with Gasteiger partial charge in [0.05, 0.1) is 0 Å². The smallest absolute Gasteiger partial charge is 0.0431 e. The van der Waals surface area contributed by atoms with Crippen molar-refractivity contribution >= 4 is 0 Å². The van der Waals surface area contributed by atoms with Crippen molar-refractivity contribution in [3.63, 3.8) is 0 Å². The minimum absolute atomic E-state index is 0.357. The molecule has 1 unspecified atom stereocenters. The monoisotopic (exact) mass is 157 g/mol. The van der Waals surface area contributed by atoms with Gasteiger partial charge in [0, 0.05) is 12.6 Å². The summed E-state index contributed by atoms with van der Waals surface area (Å²) in [4.78, 5) is 2.51. The molecule has 0 saturated carbocycles. The van der Waals surface area contributed by atoms with Crippen LogP contribution in [0.5, 0.6) is 0 Å². The minimum Gasteiger partial charge on any atom is -0.396 e. The van der Waals surface area contributed by atoms with E-state index in [2.05, 4.69) is 11.8 Å². The fourth-order valence-corrected chi connectivity index (χ4v) is 1.51. The van der Waals surface area contributed by atoms with Crippen LogP contribution in [0.3, 0.4) is 0 Å². The third-order valence-electron chi connectivity index (χ3n) is 2.56. The van der Waals surface area contributed by atoms with Crippen LogP contribution < -0.4 is 0 Å². The molecule has 66 valence electrons. The van der Waals surface area contributed by atoms with Crippen molar-refractivity contribution < 1.29 is 5.11 Å². The Morgan fingerprint density at radius 1 is 1.36 bits per heavy atom. The Kier molecular flexibility index (Phi) is 3.87. The quantitative estimate of drug-likeness (QED) is 0.607. The topological polar surface area (TPSA) is 23.5 Å². The lowest BCUT2D eigenvalue weighted by molar-refractivity contribution is 0.102. The zero-order valence-corrected chi connectivity index (χ0v) is 7.42. The van der Waals surface area contributed by atoms with Crippen LogP contribution in [0.25, 0.3) is 0 Å². The van der Waals surface area contributed by atoms with Gasteiger partial charge in [-0.15, -0.1) is 0 Å². The second kappa shape index (κ2) is 4.73. The number of nitrogens with zero attached hydrogens (tertiary/aromatic N) is 1. The fraction of sp³-hybridized carbons (Fsp3) is 1.00. The maximum Gasteiger partial charge on any atom is 0.0431 e. The summed E-state index contributed by atoms with van der Waals surface area (Å²) in [6.07, 6.45) is 4.78. The first-order valence-corrected chi connectivity index (χ1v) is 4.69.